The highest BCUT2D eigenvalue weighted by molar-refractivity contribution is 5.87. The summed E-state index contributed by atoms with van der Waals surface area (Å²) in [5, 5.41) is 0. The van der Waals surface area contributed by atoms with Crippen LogP contribution in [0.4, 0.5) is 0 Å². The second kappa shape index (κ2) is 6.19. The van der Waals surface area contributed by atoms with Crippen molar-refractivity contribution in [3.05, 3.63) is 11.6 Å². The molecule has 0 spiro atoms. The Morgan fingerprint density at radius 3 is 2.50 bits per heavy atom. The van der Waals surface area contributed by atoms with Gasteiger partial charge in [0.1, 0.15) is 11.9 Å². The molecule has 26 heavy (non-hydrogen) atoms. The van der Waals surface area contributed by atoms with E-state index in [-0.39, 0.29) is 29.0 Å². The maximum Gasteiger partial charge on any atom is 0.302 e. The van der Waals surface area contributed by atoms with Crippen LogP contribution >= 0.6 is 0 Å². The van der Waals surface area contributed by atoms with Crippen LogP contribution in [0.15, 0.2) is 11.6 Å². The van der Waals surface area contributed by atoms with Crippen LogP contribution < -0.4 is 0 Å². The molecule has 7 atom stereocenters. The molecule has 0 heterocycles. The summed E-state index contributed by atoms with van der Waals surface area (Å²) in [4.78, 5) is 24.0. The van der Waals surface area contributed by atoms with Gasteiger partial charge in [-0.15, -0.1) is 0 Å². The third kappa shape index (κ3) is 2.51. The summed E-state index contributed by atoms with van der Waals surface area (Å²) in [6.07, 6.45) is 9.12. The van der Waals surface area contributed by atoms with Crippen molar-refractivity contribution < 1.29 is 19.1 Å². The van der Waals surface area contributed by atoms with Crippen LogP contribution in [0.25, 0.3) is 0 Å². The summed E-state index contributed by atoms with van der Waals surface area (Å²) >= 11 is 0. The van der Waals surface area contributed by atoms with E-state index in [1.54, 1.807) is 7.11 Å². The Bertz CT molecular complexity index is 653. The quantitative estimate of drug-likeness (QED) is 0.550. The number of fused-ring (bicyclic) bond motifs is 5. The Balaban J connectivity index is 1.68. The van der Waals surface area contributed by atoms with Crippen molar-refractivity contribution in [2.75, 3.05) is 7.11 Å². The van der Waals surface area contributed by atoms with E-state index in [4.69, 9.17) is 9.47 Å². The number of ketones is 1. The van der Waals surface area contributed by atoms with E-state index < -0.39 is 0 Å². The Hall–Kier alpha value is -1.16. The number of Topliss-reactive ketones (excluding diaryl/α,β-unsaturated/α-hetero) is 1. The molecule has 0 radical (unpaired) electrons. The molecule has 4 nitrogen and oxygen atoms in total. The Morgan fingerprint density at radius 2 is 1.81 bits per heavy atom. The van der Waals surface area contributed by atoms with Crippen LogP contribution in [0.2, 0.25) is 0 Å². The van der Waals surface area contributed by atoms with Gasteiger partial charge in [-0.2, -0.15) is 0 Å². The molecule has 3 saturated carbocycles. The number of ether oxygens (including phenoxy) is 2. The molecule has 4 rings (SSSR count). The maximum atomic E-state index is 12.6. The van der Waals surface area contributed by atoms with Gasteiger partial charge in [0.2, 0.25) is 0 Å². The first-order chi connectivity index (χ1) is 12.3. The molecule has 144 valence electrons. The van der Waals surface area contributed by atoms with Crippen molar-refractivity contribution in [1.29, 1.82) is 0 Å². The molecular formula is C22H32O4. The summed E-state index contributed by atoms with van der Waals surface area (Å²) in [5.41, 5.74) is 1.42. The molecule has 0 aromatic carbocycles. The monoisotopic (exact) mass is 360 g/mol. The van der Waals surface area contributed by atoms with Gasteiger partial charge in [0, 0.05) is 32.3 Å². The molecule has 0 saturated heterocycles. The van der Waals surface area contributed by atoms with Crippen LogP contribution in [0.5, 0.6) is 0 Å². The SMILES string of the molecule is CO[C@@H]1C=C2C[C@@H](OC(C)=O)CC[C@]2(C)[C@H]2CC[C@]3(C)C(=O)CC[C@H]3[C@H]12. The summed E-state index contributed by atoms with van der Waals surface area (Å²) in [6.45, 7) is 6.11. The Morgan fingerprint density at radius 1 is 1.12 bits per heavy atom. The van der Waals surface area contributed by atoms with Gasteiger partial charge < -0.3 is 9.47 Å². The lowest BCUT2D eigenvalue weighted by Crippen LogP contribution is -2.55. The molecule has 4 heteroatoms. The highest BCUT2D eigenvalue weighted by atomic mass is 16.5. The van der Waals surface area contributed by atoms with Crippen molar-refractivity contribution in [2.24, 2.45) is 28.6 Å². The van der Waals surface area contributed by atoms with Crippen LogP contribution in [0.3, 0.4) is 0 Å². The molecule has 0 N–H and O–H groups in total. The molecule has 4 aliphatic rings. The molecule has 0 aromatic heterocycles. The molecule has 0 bridgehead atoms. The first-order valence-corrected chi connectivity index (χ1v) is 10.2. The van der Waals surface area contributed by atoms with E-state index in [0.29, 0.717) is 23.5 Å². The van der Waals surface area contributed by atoms with Gasteiger partial charge in [-0.1, -0.05) is 25.5 Å². The summed E-state index contributed by atoms with van der Waals surface area (Å²) in [7, 11) is 1.80. The smallest absolute Gasteiger partial charge is 0.302 e. The standard InChI is InChI=1S/C22H32O4/c1-13(23)26-15-7-9-21(2)14(11-15)12-18(25-4)20-16-5-6-19(24)22(16,3)10-8-17(20)21/h12,15-18,20H,5-11H2,1-4H3/t15-,16-,17-,18+,20-,21-,22-/m0/s1. The highest BCUT2D eigenvalue weighted by Gasteiger charge is 2.61. The van der Waals surface area contributed by atoms with Gasteiger partial charge in [-0.25, -0.2) is 0 Å². The van der Waals surface area contributed by atoms with Gasteiger partial charge in [-0.05, 0) is 55.3 Å². The lowest BCUT2D eigenvalue weighted by molar-refractivity contribution is -0.149. The van der Waals surface area contributed by atoms with E-state index in [9.17, 15) is 9.59 Å². The molecule has 4 aliphatic carbocycles. The minimum absolute atomic E-state index is 0.00259. The van der Waals surface area contributed by atoms with Gasteiger partial charge in [-0.3, -0.25) is 9.59 Å². The number of carbonyl (C=O) groups excluding carboxylic acids is 2. The predicted molar refractivity (Wildman–Crippen MR) is 98.4 cm³/mol. The topological polar surface area (TPSA) is 52.6 Å². The zero-order valence-electron chi connectivity index (χ0n) is 16.5. The van der Waals surface area contributed by atoms with Crippen molar-refractivity contribution in [2.45, 2.75) is 77.9 Å². The Labute approximate surface area is 156 Å². The second-order valence-electron chi connectivity index (χ2n) is 9.49. The number of rotatable bonds is 2. The van der Waals surface area contributed by atoms with Crippen molar-refractivity contribution in [3.63, 3.8) is 0 Å². The highest BCUT2D eigenvalue weighted by Crippen LogP contribution is 2.64. The molecule has 0 aromatic rings. The fourth-order valence-electron chi connectivity index (χ4n) is 6.92. The number of hydrogen-bond donors (Lipinski definition) is 0. The average molecular weight is 360 g/mol. The fourth-order valence-corrected chi connectivity index (χ4v) is 6.92. The third-order valence-corrected chi connectivity index (χ3v) is 8.38. The minimum atomic E-state index is -0.186. The molecule has 0 aliphatic heterocycles. The van der Waals surface area contributed by atoms with E-state index in [1.807, 2.05) is 0 Å². The zero-order valence-corrected chi connectivity index (χ0v) is 16.5. The molecule has 3 fully saturated rings. The van der Waals surface area contributed by atoms with E-state index in [2.05, 4.69) is 19.9 Å². The van der Waals surface area contributed by atoms with E-state index in [0.717, 1.165) is 44.9 Å². The predicted octanol–water partition coefficient (Wildman–Crippen LogP) is 4.07. The maximum absolute atomic E-state index is 12.6. The third-order valence-electron chi connectivity index (χ3n) is 8.38. The lowest BCUT2D eigenvalue weighted by Gasteiger charge is -2.58. The van der Waals surface area contributed by atoms with Gasteiger partial charge in [0.05, 0.1) is 6.10 Å². The van der Waals surface area contributed by atoms with E-state index in [1.165, 1.54) is 12.5 Å². The first-order valence-electron chi connectivity index (χ1n) is 10.2. The number of methoxy groups -OCH3 is 1. The number of hydrogen-bond acceptors (Lipinski definition) is 4. The minimum Gasteiger partial charge on any atom is -0.462 e. The molecule has 0 amide bonds. The zero-order chi connectivity index (χ0) is 18.7. The van der Waals surface area contributed by atoms with Gasteiger partial charge >= 0.3 is 5.97 Å². The number of esters is 1. The van der Waals surface area contributed by atoms with Crippen LogP contribution in [0.1, 0.15) is 65.7 Å². The largest absolute Gasteiger partial charge is 0.462 e. The molecular weight excluding hydrogens is 328 g/mol. The van der Waals surface area contributed by atoms with Crippen LogP contribution in [0, 0.1) is 28.6 Å². The average Bonchev–Trinajstić information content (AvgIpc) is 2.89. The van der Waals surface area contributed by atoms with Gasteiger partial charge in [0.25, 0.3) is 0 Å². The normalized spacial score (nSPS) is 47.5. The number of carbonyl (C=O) groups is 2. The Kier molecular flexibility index (Phi) is 4.33. The second-order valence-corrected chi connectivity index (χ2v) is 9.49. The van der Waals surface area contributed by atoms with Crippen molar-refractivity contribution in [1.82, 2.24) is 0 Å². The van der Waals surface area contributed by atoms with E-state index >= 15 is 0 Å². The van der Waals surface area contributed by atoms with Crippen LogP contribution in [-0.4, -0.2) is 31.1 Å². The summed E-state index contributed by atoms with van der Waals surface area (Å²) in [6, 6.07) is 0. The summed E-state index contributed by atoms with van der Waals surface area (Å²) in [5.74, 6) is 1.72. The summed E-state index contributed by atoms with van der Waals surface area (Å²) < 4.78 is 11.5. The fraction of sp³-hybridized carbons (Fsp3) is 0.818. The first kappa shape index (κ1) is 18.2. The van der Waals surface area contributed by atoms with Gasteiger partial charge in [0.15, 0.2) is 0 Å². The van der Waals surface area contributed by atoms with Crippen molar-refractivity contribution >= 4 is 11.8 Å². The molecule has 0 unspecified atom stereocenters. The van der Waals surface area contributed by atoms with Crippen molar-refractivity contribution in [3.8, 4) is 0 Å². The van der Waals surface area contributed by atoms with Crippen LogP contribution in [-0.2, 0) is 19.1 Å². The lowest BCUT2D eigenvalue weighted by atomic mass is 9.47.